The minimum atomic E-state index is -4.95. The maximum Gasteiger partial charge on any atom is 0.472 e. The van der Waals surface area contributed by atoms with Gasteiger partial charge in [-0.05, 0) is 37.5 Å². The second kappa shape index (κ2) is 63.1. The molecule has 0 aromatic rings. The monoisotopic (exact) mass is 1320 g/mol. The summed E-state index contributed by atoms with van der Waals surface area (Å²) in [5, 5.41) is 10.6. The average Bonchev–Trinajstić information content (AvgIpc) is 2.98. The number of aliphatic hydroxyl groups is 1. The molecule has 6 atom stereocenters. The van der Waals surface area contributed by atoms with E-state index in [0.29, 0.717) is 25.7 Å². The van der Waals surface area contributed by atoms with Crippen molar-refractivity contribution in [3.63, 3.8) is 0 Å². The molecule has 3 N–H and O–H groups in total. The van der Waals surface area contributed by atoms with E-state index in [1.165, 1.54) is 167 Å². The Morgan fingerprint density at radius 2 is 0.567 bits per heavy atom. The molecular formula is C71H138O17P2. The molecule has 90 heavy (non-hydrogen) atoms. The Bertz CT molecular complexity index is 1750. The minimum Gasteiger partial charge on any atom is -0.462 e. The summed E-state index contributed by atoms with van der Waals surface area (Å²) in [7, 11) is -9.90. The number of ether oxygens (including phenoxy) is 4. The molecule has 0 saturated carbocycles. The lowest BCUT2D eigenvalue weighted by molar-refractivity contribution is -0.161. The number of aliphatic hydroxyl groups excluding tert-OH is 1. The van der Waals surface area contributed by atoms with Crippen LogP contribution in [0.3, 0.4) is 0 Å². The summed E-state index contributed by atoms with van der Waals surface area (Å²) in [4.78, 5) is 72.4. The molecule has 0 saturated heterocycles. The maximum atomic E-state index is 13.0. The number of phosphoric ester groups is 2. The molecule has 0 aliphatic carbocycles. The molecule has 3 unspecified atom stereocenters. The van der Waals surface area contributed by atoms with Gasteiger partial charge in [0, 0.05) is 25.7 Å². The van der Waals surface area contributed by atoms with Gasteiger partial charge in [0.1, 0.15) is 19.3 Å². The molecule has 19 heteroatoms. The van der Waals surface area contributed by atoms with E-state index in [9.17, 15) is 43.2 Å². The van der Waals surface area contributed by atoms with Crippen molar-refractivity contribution in [1.29, 1.82) is 0 Å². The highest BCUT2D eigenvalue weighted by molar-refractivity contribution is 7.47. The smallest absolute Gasteiger partial charge is 0.462 e. The van der Waals surface area contributed by atoms with Crippen LogP contribution in [0.15, 0.2) is 0 Å². The van der Waals surface area contributed by atoms with Gasteiger partial charge in [-0.1, -0.05) is 311 Å². The molecule has 0 radical (unpaired) electrons. The van der Waals surface area contributed by atoms with Crippen molar-refractivity contribution in [2.45, 2.75) is 381 Å². The lowest BCUT2D eigenvalue weighted by atomic mass is 9.99. The van der Waals surface area contributed by atoms with Gasteiger partial charge in [-0.15, -0.1) is 0 Å². The van der Waals surface area contributed by atoms with Gasteiger partial charge >= 0.3 is 39.5 Å². The topological polar surface area (TPSA) is 237 Å². The Hall–Kier alpha value is -1.94. The van der Waals surface area contributed by atoms with E-state index >= 15 is 0 Å². The molecule has 0 fully saturated rings. The summed E-state index contributed by atoms with van der Waals surface area (Å²) in [6.45, 7) is 9.57. The predicted molar refractivity (Wildman–Crippen MR) is 363 cm³/mol. The standard InChI is InChI=1S/C71H138O17P2/c1-7-10-12-14-16-17-23-31-37-43-49-55-70(75)87-66(59-81-68(73)53-47-41-33-15-13-11-8-2)61-85-89(77,78)83-57-65(72)58-84-90(79,80)86-62-67(60-82-69(74)54-48-42-36-30-27-22-24-28-34-39-45-51-63(4)5)88-71(76)56-50-44-38-32-26-21-19-18-20-25-29-35-40-46-52-64(6)9-3/h63-67,72H,7-62H2,1-6H3,(H,77,78)(H,79,80)/t64?,65-,66+,67+/m0/s1. The first kappa shape index (κ1) is 88.1. The van der Waals surface area contributed by atoms with Crippen LogP contribution in [0.2, 0.25) is 0 Å². The van der Waals surface area contributed by atoms with E-state index in [-0.39, 0.29) is 25.7 Å². The lowest BCUT2D eigenvalue weighted by Gasteiger charge is -2.21. The third-order valence-electron chi connectivity index (χ3n) is 16.8. The van der Waals surface area contributed by atoms with Crippen LogP contribution in [0.1, 0.15) is 363 Å². The molecule has 0 spiro atoms. The maximum absolute atomic E-state index is 13.0. The fourth-order valence-corrected chi connectivity index (χ4v) is 12.3. The number of hydrogen-bond donors (Lipinski definition) is 3. The minimum absolute atomic E-state index is 0.106. The van der Waals surface area contributed by atoms with E-state index in [0.717, 1.165) is 115 Å². The summed E-state index contributed by atoms with van der Waals surface area (Å²) < 4.78 is 68.2. The molecule has 534 valence electrons. The van der Waals surface area contributed by atoms with E-state index in [4.69, 9.17) is 37.0 Å². The zero-order valence-corrected chi connectivity index (χ0v) is 60.2. The average molecular weight is 1330 g/mol. The second-order valence-corrected chi connectivity index (χ2v) is 29.3. The fraction of sp³-hybridized carbons (Fsp3) is 0.944. The van der Waals surface area contributed by atoms with Crippen LogP contribution < -0.4 is 0 Å². The van der Waals surface area contributed by atoms with Gasteiger partial charge in [0.15, 0.2) is 12.2 Å². The summed E-state index contributed by atoms with van der Waals surface area (Å²) >= 11 is 0. The van der Waals surface area contributed by atoms with Gasteiger partial charge in [-0.2, -0.15) is 0 Å². The van der Waals surface area contributed by atoms with Crippen LogP contribution in [0.25, 0.3) is 0 Å². The number of carbonyl (C=O) groups excluding carboxylic acids is 4. The summed E-state index contributed by atoms with van der Waals surface area (Å²) in [6, 6.07) is 0. The molecule has 0 aliphatic rings. The van der Waals surface area contributed by atoms with Crippen molar-refractivity contribution < 1.29 is 80.2 Å². The lowest BCUT2D eigenvalue weighted by Crippen LogP contribution is -2.30. The van der Waals surface area contributed by atoms with Crippen LogP contribution in [-0.2, 0) is 65.4 Å². The Morgan fingerprint density at radius 3 is 0.844 bits per heavy atom. The third-order valence-corrected chi connectivity index (χ3v) is 18.7. The second-order valence-electron chi connectivity index (χ2n) is 26.3. The Morgan fingerprint density at radius 1 is 0.322 bits per heavy atom. The SMILES string of the molecule is CCCCCCCCCCCCCC(=O)O[C@H](COC(=O)CCCCCCCCC)COP(=O)(O)OC[C@H](O)COP(=O)(O)OC[C@@H](COC(=O)CCCCCCCCCCCCCC(C)C)OC(=O)CCCCCCCCCCCCCCCCC(C)CC. The van der Waals surface area contributed by atoms with E-state index in [1.807, 2.05) is 0 Å². The van der Waals surface area contributed by atoms with Gasteiger partial charge in [0.2, 0.25) is 0 Å². The van der Waals surface area contributed by atoms with Gasteiger partial charge in [-0.3, -0.25) is 37.3 Å². The van der Waals surface area contributed by atoms with Gasteiger partial charge in [-0.25, -0.2) is 9.13 Å². The van der Waals surface area contributed by atoms with E-state index in [1.54, 1.807) is 0 Å². The highest BCUT2D eigenvalue weighted by Gasteiger charge is 2.30. The first-order valence-corrected chi connectivity index (χ1v) is 40.0. The molecule has 0 aromatic carbocycles. The molecule has 0 rings (SSSR count). The van der Waals surface area contributed by atoms with Crippen LogP contribution in [-0.4, -0.2) is 96.7 Å². The number of rotatable bonds is 70. The van der Waals surface area contributed by atoms with Crippen molar-refractivity contribution in [2.75, 3.05) is 39.6 Å². The Labute approximate surface area is 549 Å². The summed E-state index contributed by atoms with van der Waals surface area (Å²) in [5.74, 6) is -0.509. The normalized spacial score (nSPS) is 14.4. The largest absolute Gasteiger partial charge is 0.472 e. The molecule has 0 heterocycles. The van der Waals surface area contributed by atoms with Crippen LogP contribution in [0.4, 0.5) is 0 Å². The molecule has 17 nitrogen and oxygen atoms in total. The molecule has 0 aliphatic heterocycles. The van der Waals surface area contributed by atoms with Crippen LogP contribution in [0.5, 0.6) is 0 Å². The predicted octanol–water partition coefficient (Wildman–Crippen LogP) is 20.4. The fourth-order valence-electron chi connectivity index (χ4n) is 10.7. The van der Waals surface area contributed by atoms with Crippen LogP contribution >= 0.6 is 15.6 Å². The first-order chi connectivity index (χ1) is 43.4. The number of carbonyl (C=O) groups is 4. The zero-order valence-electron chi connectivity index (χ0n) is 58.4. The molecule has 0 amide bonds. The van der Waals surface area contributed by atoms with E-state index < -0.39 is 97.5 Å². The Kier molecular flexibility index (Phi) is 61.8. The Balaban J connectivity index is 5.20. The summed E-state index contributed by atoms with van der Waals surface area (Å²) in [5.41, 5.74) is 0. The van der Waals surface area contributed by atoms with Crippen molar-refractivity contribution in [3.05, 3.63) is 0 Å². The molecule has 0 aromatic heterocycles. The first-order valence-electron chi connectivity index (χ1n) is 37.0. The molecule has 0 bridgehead atoms. The van der Waals surface area contributed by atoms with Crippen molar-refractivity contribution in [2.24, 2.45) is 11.8 Å². The van der Waals surface area contributed by atoms with Gasteiger partial charge in [0.25, 0.3) is 0 Å². The quantitative estimate of drug-likeness (QED) is 0.0222. The zero-order chi connectivity index (χ0) is 66.5. The number of phosphoric acid groups is 2. The third kappa shape index (κ3) is 63.5. The number of unbranched alkanes of at least 4 members (excludes halogenated alkanes) is 39. The van der Waals surface area contributed by atoms with Gasteiger partial charge < -0.3 is 33.8 Å². The van der Waals surface area contributed by atoms with E-state index in [2.05, 4.69) is 41.5 Å². The van der Waals surface area contributed by atoms with Crippen molar-refractivity contribution >= 4 is 39.5 Å². The highest BCUT2D eigenvalue weighted by Crippen LogP contribution is 2.45. The molecular weight excluding hydrogens is 1190 g/mol. The highest BCUT2D eigenvalue weighted by atomic mass is 31.2. The summed E-state index contributed by atoms with van der Waals surface area (Å²) in [6.07, 6.45) is 48.6. The van der Waals surface area contributed by atoms with Crippen molar-refractivity contribution in [3.8, 4) is 0 Å². The number of hydrogen-bond acceptors (Lipinski definition) is 15. The van der Waals surface area contributed by atoms with Crippen LogP contribution in [0, 0.1) is 11.8 Å². The number of esters is 4. The van der Waals surface area contributed by atoms with Gasteiger partial charge in [0.05, 0.1) is 26.4 Å². The van der Waals surface area contributed by atoms with Crippen molar-refractivity contribution in [1.82, 2.24) is 0 Å².